The lowest BCUT2D eigenvalue weighted by Gasteiger charge is -2.51. The van der Waals surface area contributed by atoms with Crippen LogP contribution in [0.5, 0.6) is 11.5 Å². The van der Waals surface area contributed by atoms with Crippen LogP contribution in [0.25, 0.3) is 0 Å². The van der Waals surface area contributed by atoms with Crippen LogP contribution in [-0.2, 0) is 26.7 Å². The molecule has 0 aromatic heterocycles. The Morgan fingerprint density at radius 2 is 1.80 bits per heavy atom. The Morgan fingerprint density at radius 1 is 1.09 bits per heavy atom. The topological polar surface area (TPSA) is 108 Å². The molecule has 35 heavy (non-hydrogen) atoms. The predicted molar refractivity (Wildman–Crippen MR) is 134 cm³/mol. The summed E-state index contributed by atoms with van der Waals surface area (Å²) < 4.78 is 66.8. The highest BCUT2D eigenvalue weighted by molar-refractivity contribution is 7.89. The molecule has 0 spiro atoms. The van der Waals surface area contributed by atoms with Crippen LogP contribution in [0.2, 0.25) is 0 Å². The quantitative estimate of drug-likeness (QED) is 0.478. The summed E-state index contributed by atoms with van der Waals surface area (Å²) in [4.78, 5) is 2.50. The highest BCUT2D eigenvalue weighted by Crippen LogP contribution is 2.46. The number of benzene rings is 1. The minimum absolute atomic E-state index is 0.0486. The molecule has 0 unspecified atom stereocenters. The maximum absolute atomic E-state index is 13.4. The molecule has 1 aromatic rings. The van der Waals surface area contributed by atoms with Crippen LogP contribution < -0.4 is 14.2 Å². The summed E-state index contributed by atoms with van der Waals surface area (Å²) in [6.45, 7) is 2.46. The van der Waals surface area contributed by atoms with Crippen LogP contribution in [-0.4, -0.2) is 96.6 Å². The lowest BCUT2D eigenvalue weighted by atomic mass is 9.77. The van der Waals surface area contributed by atoms with Gasteiger partial charge in [0.25, 0.3) is 10.2 Å². The molecule has 12 heteroatoms. The van der Waals surface area contributed by atoms with Crippen LogP contribution in [0.4, 0.5) is 0 Å². The van der Waals surface area contributed by atoms with E-state index in [4.69, 9.17) is 9.47 Å². The zero-order valence-electron chi connectivity index (χ0n) is 21.1. The van der Waals surface area contributed by atoms with Gasteiger partial charge in [0.05, 0.1) is 20.0 Å². The maximum atomic E-state index is 13.4. The van der Waals surface area contributed by atoms with E-state index in [0.717, 1.165) is 48.8 Å². The fourth-order valence-corrected chi connectivity index (χ4v) is 8.26. The molecule has 0 saturated carbocycles. The number of methoxy groups -OCH3 is 2. The Bertz CT molecular complexity index is 1130. The number of hydrogen-bond donors (Lipinski definition) is 1. The molecule has 2 fully saturated rings. The first-order chi connectivity index (χ1) is 16.6. The van der Waals surface area contributed by atoms with Crippen molar-refractivity contribution in [1.29, 1.82) is 0 Å². The molecule has 4 rings (SSSR count). The van der Waals surface area contributed by atoms with Gasteiger partial charge in [0, 0.05) is 52.4 Å². The van der Waals surface area contributed by atoms with Crippen LogP contribution in [0.3, 0.4) is 0 Å². The third kappa shape index (κ3) is 5.47. The van der Waals surface area contributed by atoms with Crippen LogP contribution in [0.1, 0.15) is 42.9 Å². The van der Waals surface area contributed by atoms with E-state index in [1.54, 1.807) is 18.5 Å². The van der Waals surface area contributed by atoms with Crippen molar-refractivity contribution in [2.45, 2.75) is 44.2 Å². The highest BCUT2D eigenvalue weighted by atomic mass is 32.2. The summed E-state index contributed by atoms with van der Waals surface area (Å²) in [7, 11) is -0.919. The molecule has 198 valence electrons. The van der Waals surface area contributed by atoms with Crippen molar-refractivity contribution in [3.8, 4) is 11.5 Å². The SMILES string of the molecule is COc1cc2c(cc1OC)[C@@H]1C[C@@H]3[C@@H](CCCN3S(=O)(=O)CCCNS(=O)(=O)N(C)C)CN1CC2. The average molecular weight is 531 g/mol. The number of nitrogens with zero attached hydrogens (tertiary/aromatic N) is 3. The van der Waals surface area contributed by atoms with Crippen molar-refractivity contribution in [2.75, 3.05) is 60.2 Å². The molecule has 0 amide bonds. The Kier molecular flexibility index (Phi) is 7.99. The van der Waals surface area contributed by atoms with Gasteiger partial charge in [-0.1, -0.05) is 0 Å². The van der Waals surface area contributed by atoms with Crippen molar-refractivity contribution in [1.82, 2.24) is 18.2 Å². The number of rotatable bonds is 9. The molecule has 10 nitrogen and oxygen atoms in total. The minimum atomic E-state index is -3.56. The predicted octanol–water partition coefficient (Wildman–Crippen LogP) is 1.20. The zero-order valence-corrected chi connectivity index (χ0v) is 22.7. The molecule has 3 heterocycles. The summed E-state index contributed by atoms with van der Waals surface area (Å²) in [5.74, 6) is 1.66. The van der Waals surface area contributed by atoms with Gasteiger partial charge in [-0.15, -0.1) is 0 Å². The smallest absolute Gasteiger partial charge is 0.278 e. The fourth-order valence-electron chi connectivity index (χ4n) is 5.78. The fraction of sp³-hybridized carbons (Fsp3) is 0.739. The number of sulfonamides is 1. The third-order valence-electron chi connectivity index (χ3n) is 7.62. The van der Waals surface area contributed by atoms with E-state index >= 15 is 0 Å². The summed E-state index contributed by atoms with van der Waals surface area (Å²) in [5, 5.41) is 0. The molecule has 0 radical (unpaired) electrons. The van der Waals surface area contributed by atoms with Crippen molar-refractivity contribution < 1.29 is 26.3 Å². The monoisotopic (exact) mass is 530 g/mol. The van der Waals surface area contributed by atoms with Gasteiger partial charge in [-0.3, -0.25) is 4.90 Å². The first-order valence-corrected chi connectivity index (χ1v) is 15.3. The molecular weight excluding hydrogens is 492 g/mol. The summed E-state index contributed by atoms with van der Waals surface area (Å²) in [5.41, 5.74) is 2.44. The second-order valence-corrected chi connectivity index (χ2v) is 13.8. The van der Waals surface area contributed by atoms with E-state index in [1.807, 2.05) is 0 Å². The van der Waals surface area contributed by atoms with Crippen molar-refractivity contribution in [3.05, 3.63) is 23.3 Å². The first kappa shape index (κ1) is 26.6. The van der Waals surface area contributed by atoms with Gasteiger partial charge in [-0.25, -0.2) is 13.1 Å². The summed E-state index contributed by atoms with van der Waals surface area (Å²) >= 11 is 0. The van der Waals surface area contributed by atoms with Gasteiger partial charge in [0.15, 0.2) is 11.5 Å². The van der Waals surface area contributed by atoms with Gasteiger partial charge in [0.2, 0.25) is 10.0 Å². The van der Waals surface area contributed by atoms with Gasteiger partial charge in [-0.2, -0.15) is 17.0 Å². The number of nitrogens with one attached hydrogen (secondary N) is 1. The lowest BCUT2D eigenvalue weighted by Crippen LogP contribution is -2.57. The molecule has 2 saturated heterocycles. The van der Waals surface area contributed by atoms with E-state index in [2.05, 4.69) is 21.8 Å². The summed E-state index contributed by atoms with van der Waals surface area (Å²) in [6, 6.07) is 4.21. The van der Waals surface area contributed by atoms with Gasteiger partial charge < -0.3 is 9.47 Å². The lowest BCUT2D eigenvalue weighted by molar-refractivity contribution is 0.0218. The molecule has 1 N–H and O–H groups in total. The second kappa shape index (κ2) is 10.5. The number of piperidine rings is 2. The Balaban J connectivity index is 1.50. The average Bonchev–Trinajstić information content (AvgIpc) is 2.84. The number of hydrogen-bond acceptors (Lipinski definition) is 7. The normalized spacial score (nSPS) is 25.6. The summed E-state index contributed by atoms with van der Waals surface area (Å²) in [6.07, 6.45) is 3.81. The Labute approximate surface area is 209 Å². The molecule has 3 aliphatic rings. The molecule has 3 atom stereocenters. The standard InChI is InChI=1S/C23H38N4O6S2/c1-25(2)35(30,31)24-9-6-12-34(28,29)27-10-5-7-18-16-26-11-8-17-13-22(32-3)23(33-4)14-19(17)21(26)15-20(18)27/h13-14,18,20-21,24H,5-12,15-16H2,1-4H3/t18-,20+,21-/m0/s1. The minimum Gasteiger partial charge on any atom is -0.493 e. The maximum Gasteiger partial charge on any atom is 0.278 e. The van der Waals surface area contributed by atoms with Gasteiger partial charge >= 0.3 is 0 Å². The van der Waals surface area contributed by atoms with E-state index in [1.165, 1.54) is 25.2 Å². The van der Waals surface area contributed by atoms with E-state index in [9.17, 15) is 16.8 Å². The molecule has 3 aliphatic heterocycles. The second-order valence-electron chi connectivity index (χ2n) is 9.83. The third-order valence-corrected chi connectivity index (χ3v) is 11.1. The first-order valence-electron chi connectivity index (χ1n) is 12.2. The highest BCUT2D eigenvalue weighted by Gasteiger charge is 2.46. The van der Waals surface area contributed by atoms with Gasteiger partial charge in [0.1, 0.15) is 0 Å². The zero-order chi connectivity index (χ0) is 25.4. The van der Waals surface area contributed by atoms with Crippen LogP contribution in [0, 0.1) is 5.92 Å². The number of fused-ring (bicyclic) bond motifs is 4. The number of ether oxygens (including phenoxy) is 2. The van der Waals surface area contributed by atoms with E-state index in [0.29, 0.717) is 18.2 Å². The molecule has 0 aliphatic carbocycles. The Hall–Kier alpha value is -1.44. The largest absolute Gasteiger partial charge is 0.493 e. The van der Waals surface area contributed by atoms with Crippen molar-refractivity contribution in [3.63, 3.8) is 0 Å². The van der Waals surface area contributed by atoms with Crippen LogP contribution in [0.15, 0.2) is 12.1 Å². The molecule has 1 aromatic carbocycles. The van der Waals surface area contributed by atoms with Crippen molar-refractivity contribution >= 4 is 20.2 Å². The molecule has 0 bridgehead atoms. The molecular formula is C23H38N4O6S2. The van der Waals surface area contributed by atoms with Crippen LogP contribution >= 0.6 is 0 Å². The van der Waals surface area contributed by atoms with E-state index in [-0.39, 0.29) is 30.8 Å². The van der Waals surface area contributed by atoms with E-state index < -0.39 is 20.2 Å². The Morgan fingerprint density at radius 3 is 2.49 bits per heavy atom. The van der Waals surface area contributed by atoms with Gasteiger partial charge in [-0.05, 0) is 61.3 Å². The van der Waals surface area contributed by atoms with Crippen molar-refractivity contribution in [2.24, 2.45) is 5.92 Å².